The monoisotopic (exact) mass is 361 g/mol. The van der Waals surface area contributed by atoms with Crippen molar-refractivity contribution in [1.82, 2.24) is 9.78 Å². The summed E-state index contributed by atoms with van der Waals surface area (Å²) in [4.78, 5) is 24.9. The molecule has 1 aliphatic heterocycles. The molecule has 1 aliphatic rings. The first-order valence-corrected chi connectivity index (χ1v) is 8.35. The molecule has 140 valence electrons. The predicted molar refractivity (Wildman–Crippen MR) is 96.6 cm³/mol. The van der Waals surface area contributed by atoms with Crippen LogP contribution in [0.15, 0.2) is 16.9 Å². The van der Waals surface area contributed by atoms with Crippen LogP contribution in [0.25, 0.3) is 0 Å². The maximum absolute atomic E-state index is 12.6. The molecule has 0 aliphatic carbocycles. The molecule has 0 unspecified atom stereocenters. The molecule has 1 amide bonds. The zero-order valence-electron chi connectivity index (χ0n) is 15.5. The lowest BCUT2D eigenvalue weighted by Crippen LogP contribution is -2.27. The van der Waals surface area contributed by atoms with E-state index in [9.17, 15) is 9.59 Å². The van der Waals surface area contributed by atoms with E-state index in [1.54, 1.807) is 16.8 Å². The molecule has 0 bridgehead atoms. The van der Waals surface area contributed by atoms with Gasteiger partial charge in [-0.05, 0) is 31.5 Å². The van der Waals surface area contributed by atoms with Crippen LogP contribution in [0.1, 0.15) is 43.4 Å². The summed E-state index contributed by atoms with van der Waals surface area (Å²) < 4.78 is 17.8. The first kappa shape index (κ1) is 17.9. The van der Waals surface area contributed by atoms with Crippen molar-refractivity contribution in [2.75, 3.05) is 26.6 Å². The number of hydrogen-bond donors (Lipinski definition) is 2. The van der Waals surface area contributed by atoms with Gasteiger partial charge in [0.1, 0.15) is 5.82 Å². The van der Waals surface area contributed by atoms with Crippen molar-refractivity contribution in [2.45, 2.75) is 32.2 Å². The first-order chi connectivity index (χ1) is 12.4. The summed E-state index contributed by atoms with van der Waals surface area (Å²) in [6, 6.07) is 3.56. The maximum atomic E-state index is 12.6. The molecule has 2 N–H and O–H groups in total. The molecule has 0 saturated carbocycles. The molecule has 0 saturated heterocycles. The smallest absolute Gasteiger partial charge is 0.270 e. The summed E-state index contributed by atoms with van der Waals surface area (Å²) in [5, 5.41) is 5.63. The Kier molecular flexibility index (Phi) is 4.67. The van der Waals surface area contributed by atoms with Gasteiger partial charge in [-0.15, -0.1) is 0 Å². The van der Waals surface area contributed by atoms with E-state index in [-0.39, 0.29) is 23.9 Å². The highest BCUT2D eigenvalue weighted by Crippen LogP contribution is 2.43. The number of benzene rings is 1. The number of aromatic nitrogens is 2. The highest BCUT2D eigenvalue weighted by molar-refractivity contribution is 5.94. The fourth-order valence-electron chi connectivity index (χ4n) is 3.36. The average molecular weight is 361 g/mol. The molecule has 0 spiro atoms. The van der Waals surface area contributed by atoms with Gasteiger partial charge in [-0.2, -0.15) is 0 Å². The first-order valence-electron chi connectivity index (χ1n) is 8.35. The molecule has 26 heavy (non-hydrogen) atoms. The Balaban J connectivity index is 2.20. The van der Waals surface area contributed by atoms with Crippen LogP contribution in [0.4, 0.5) is 5.82 Å². The van der Waals surface area contributed by atoms with E-state index < -0.39 is 5.92 Å². The Hall–Kier alpha value is -2.90. The molecule has 0 radical (unpaired) electrons. The molecule has 1 atom stereocenters. The zero-order chi connectivity index (χ0) is 19.0. The van der Waals surface area contributed by atoms with Crippen LogP contribution in [0, 0.1) is 0 Å². The topological polar surface area (TPSA) is 94.6 Å². The molecular formula is C18H23N3O5. The second-order valence-electron chi connectivity index (χ2n) is 6.43. The van der Waals surface area contributed by atoms with Crippen LogP contribution >= 0.6 is 0 Å². The maximum Gasteiger partial charge on any atom is 0.270 e. The second-order valence-corrected chi connectivity index (χ2v) is 6.43. The fourth-order valence-corrected chi connectivity index (χ4v) is 3.36. The Morgan fingerprint density at radius 1 is 1.08 bits per heavy atom. The lowest BCUT2D eigenvalue weighted by molar-refractivity contribution is -0.116. The van der Waals surface area contributed by atoms with Crippen molar-refractivity contribution in [3.8, 4) is 17.2 Å². The summed E-state index contributed by atoms with van der Waals surface area (Å²) in [5.74, 6) is 1.39. The van der Waals surface area contributed by atoms with Gasteiger partial charge in [-0.1, -0.05) is 0 Å². The Morgan fingerprint density at radius 3 is 2.19 bits per heavy atom. The normalized spacial score (nSPS) is 16.2. The third-order valence-corrected chi connectivity index (χ3v) is 4.56. The summed E-state index contributed by atoms with van der Waals surface area (Å²) in [6.07, 6.45) is 0.164. The van der Waals surface area contributed by atoms with Crippen LogP contribution in [-0.2, 0) is 4.79 Å². The molecule has 8 heteroatoms. The molecule has 3 rings (SSSR count). The number of rotatable bonds is 5. The highest BCUT2D eigenvalue weighted by atomic mass is 16.5. The van der Waals surface area contributed by atoms with Crippen molar-refractivity contribution < 1.29 is 19.0 Å². The number of ether oxygens (including phenoxy) is 3. The number of methoxy groups -OCH3 is 3. The number of nitrogens with one attached hydrogen (secondary N) is 2. The molecule has 8 nitrogen and oxygen atoms in total. The van der Waals surface area contributed by atoms with Crippen LogP contribution in [0.5, 0.6) is 17.2 Å². The molecule has 1 aromatic heterocycles. The number of aromatic amines is 1. The quantitative estimate of drug-likeness (QED) is 0.852. The van der Waals surface area contributed by atoms with E-state index in [1.165, 1.54) is 21.3 Å². The number of anilines is 1. The van der Waals surface area contributed by atoms with Crippen molar-refractivity contribution in [3.05, 3.63) is 33.6 Å². The van der Waals surface area contributed by atoms with E-state index in [0.717, 1.165) is 5.56 Å². The molecule has 0 fully saturated rings. The minimum absolute atomic E-state index is 0.00504. The highest BCUT2D eigenvalue weighted by Gasteiger charge is 2.34. The number of amides is 1. The van der Waals surface area contributed by atoms with Crippen molar-refractivity contribution in [1.29, 1.82) is 0 Å². The van der Waals surface area contributed by atoms with Gasteiger partial charge < -0.3 is 19.5 Å². The van der Waals surface area contributed by atoms with E-state index in [0.29, 0.717) is 28.6 Å². The van der Waals surface area contributed by atoms with Gasteiger partial charge in [0.2, 0.25) is 11.7 Å². The number of fused-ring (bicyclic) bond motifs is 1. The van der Waals surface area contributed by atoms with E-state index in [1.807, 2.05) is 13.8 Å². The lowest BCUT2D eigenvalue weighted by Gasteiger charge is -2.25. The van der Waals surface area contributed by atoms with Gasteiger partial charge in [-0.25, -0.2) is 0 Å². The standard InChI is InChI=1S/C18H23N3O5/c1-9(2)21-17-15(18(23)20-21)11(8-14(22)19-17)10-6-12(24-3)16(26-5)13(7-10)25-4/h6-7,9,11H,8H2,1-5H3,(H,19,22)(H,20,23)/t11-/m0/s1. The van der Waals surface area contributed by atoms with Crippen molar-refractivity contribution in [3.63, 3.8) is 0 Å². The average Bonchev–Trinajstić information content (AvgIpc) is 2.96. The number of carbonyl (C=O) groups is 1. The predicted octanol–water partition coefficient (Wildman–Crippen LogP) is 2.26. The van der Waals surface area contributed by atoms with Crippen molar-refractivity contribution >= 4 is 11.7 Å². The van der Waals surface area contributed by atoms with E-state index in [2.05, 4.69) is 10.4 Å². The second kappa shape index (κ2) is 6.78. The summed E-state index contributed by atoms with van der Waals surface area (Å²) in [6.45, 7) is 3.87. The van der Waals surface area contributed by atoms with Gasteiger partial charge in [-0.3, -0.25) is 19.4 Å². The zero-order valence-corrected chi connectivity index (χ0v) is 15.5. The van der Waals surface area contributed by atoms with Gasteiger partial charge in [0.05, 0.1) is 26.9 Å². The van der Waals surface area contributed by atoms with Crippen molar-refractivity contribution in [2.24, 2.45) is 0 Å². The van der Waals surface area contributed by atoms with Gasteiger partial charge >= 0.3 is 0 Å². The Bertz CT molecular complexity index is 872. The number of nitrogens with zero attached hydrogens (tertiary/aromatic N) is 1. The molecule has 1 aromatic carbocycles. The summed E-state index contributed by atoms with van der Waals surface area (Å²) in [7, 11) is 4.59. The number of carbonyl (C=O) groups excluding carboxylic acids is 1. The Labute approximate surface area is 151 Å². The summed E-state index contributed by atoms with van der Waals surface area (Å²) in [5.41, 5.74) is 1.07. The largest absolute Gasteiger partial charge is 0.493 e. The third kappa shape index (κ3) is 2.81. The molecular weight excluding hydrogens is 338 g/mol. The van der Waals surface area contributed by atoms with Gasteiger partial charge in [0.25, 0.3) is 5.56 Å². The molecule has 2 heterocycles. The molecule has 2 aromatic rings. The number of hydrogen-bond acceptors (Lipinski definition) is 5. The fraction of sp³-hybridized carbons (Fsp3) is 0.444. The number of H-pyrrole nitrogens is 1. The van der Waals surface area contributed by atoms with Gasteiger partial charge in [0, 0.05) is 18.4 Å². The van der Waals surface area contributed by atoms with Gasteiger partial charge in [0.15, 0.2) is 11.5 Å². The van der Waals surface area contributed by atoms with Crippen LogP contribution in [0.2, 0.25) is 0 Å². The SMILES string of the molecule is COc1cc([C@@H]2CC(=O)Nc3c2c(=O)[nH]n3C(C)C)cc(OC)c1OC. The van der Waals surface area contributed by atoms with Crippen LogP contribution in [0.3, 0.4) is 0 Å². The lowest BCUT2D eigenvalue weighted by atomic mass is 9.86. The minimum Gasteiger partial charge on any atom is -0.493 e. The third-order valence-electron chi connectivity index (χ3n) is 4.56. The van der Waals surface area contributed by atoms with E-state index >= 15 is 0 Å². The summed E-state index contributed by atoms with van der Waals surface area (Å²) >= 11 is 0. The van der Waals surface area contributed by atoms with Crippen LogP contribution < -0.4 is 25.1 Å². The Morgan fingerprint density at radius 2 is 1.69 bits per heavy atom. The minimum atomic E-state index is -0.406. The van der Waals surface area contributed by atoms with Crippen LogP contribution in [-0.4, -0.2) is 37.0 Å². The van der Waals surface area contributed by atoms with E-state index in [4.69, 9.17) is 14.2 Å².